The first-order chi connectivity index (χ1) is 9.03. The summed E-state index contributed by atoms with van der Waals surface area (Å²) in [4.78, 5) is -0.0620. The van der Waals surface area contributed by atoms with Crippen LogP contribution in [0.3, 0.4) is 0 Å². The molecule has 1 aromatic carbocycles. The predicted octanol–water partition coefficient (Wildman–Crippen LogP) is 1.24. The first kappa shape index (κ1) is 14.3. The molecular weight excluding hydrogens is 286 g/mol. The standard InChI is InChI=1S/C12H14ClN3O2S/c13-10-4-3-9(7-14)12(6-10)19(17,18)16-11-2-1-5-15-8-11/h3-4,6,11,15-16H,1-2,5,8H2. The first-order valence-electron chi connectivity index (χ1n) is 5.95. The van der Waals surface area contributed by atoms with Gasteiger partial charge in [0.2, 0.25) is 10.0 Å². The van der Waals surface area contributed by atoms with Gasteiger partial charge in [-0.2, -0.15) is 5.26 Å². The predicted molar refractivity (Wildman–Crippen MR) is 72.4 cm³/mol. The average Bonchev–Trinajstić information content (AvgIpc) is 2.39. The maximum Gasteiger partial charge on any atom is 0.242 e. The minimum Gasteiger partial charge on any atom is -0.315 e. The van der Waals surface area contributed by atoms with Crippen LogP contribution in [-0.2, 0) is 10.0 Å². The molecule has 1 unspecified atom stereocenters. The molecule has 0 saturated carbocycles. The van der Waals surface area contributed by atoms with Crippen LogP contribution >= 0.6 is 11.6 Å². The van der Waals surface area contributed by atoms with E-state index in [4.69, 9.17) is 16.9 Å². The van der Waals surface area contributed by atoms with E-state index in [9.17, 15) is 8.42 Å². The molecule has 19 heavy (non-hydrogen) atoms. The molecule has 0 aliphatic carbocycles. The maximum absolute atomic E-state index is 12.3. The highest BCUT2D eigenvalue weighted by molar-refractivity contribution is 7.89. The summed E-state index contributed by atoms with van der Waals surface area (Å²) in [5, 5.41) is 12.4. The Labute approximate surface area is 117 Å². The molecule has 1 atom stereocenters. The van der Waals surface area contributed by atoms with Crippen molar-refractivity contribution in [2.45, 2.75) is 23.8 Å². The summed E-state index contributed by atoms with van der Waals surface area (Å²) in [6.45, 7) is 1.50. The van der Waals surface area contributed by atoms with E-state index in [2.05, 4.69) is 10.0 Å². The van der Waals surface area contributed by atoms with Gasteiger partial charge in [0.1, 0.15) is 11.0 Å². The van der Waals surface area contributed by atoms with Crippen LogP contribution in [0.25, 0.3) is 0 Å². The van der Waals surface area contributed by atoms with Gasteiger partial charge >= 0.3 is 0 Å². The van der Waals surface area contributed by atoms with E-state index in [0.29, 0.717) is 11.6 Å². The lowest BCUT2D eigenvalue weighted by Crippen LogP contribution is -2.45. The maximum atomic E-state index is 12.3. The molecule has 1 saturated heterocycles. The van der Waals surface area contributed by atoms with Crippen LogP contribution in [0.4, 0.5) is 0 Å². The first-order valence-corrected chi connectivity index (χ1v) is 7.82. The van der Waals surface area contributed by atoms with Crippen LogP contribution < -0.4 is 10.0 Å². The molecule has 0 bridgehead atoms. The van der Waals surface area contributed by atoms with Crippen LogP contribution in [0.15, 0.2) is 23.1 Å². The zero-order valence-corrected chi connectivity index (χ0v) is 11.8. The molecule has 1 aliphatic rings. The van der Waals surface area contributed by atoms with Gasteiger partial charge in [-0.25, -0.2) is 13.1 Å². The van der Waals surface area contributed by atoms with E-state index in [1.54, 1.807) is 0 Å². The summed E-state index contributed by atoms with van der Waals surface area (Å²) < 4.78 is 27.2. The van der Waals surface area contributed by atoms with Gasteiger partial charge in [-0.15, -0.1) is 0 Å². The number of benzene rings is 1. The van der Waals surface area contributed by atoms with Gasteiger partial charge in [-0.3, -0.25) is 0 Å². The molecule has 0 radical (unpaired) electrons. The van der Waals surface area contributed by atoms with Crippen molar-refractivity contribution in [1.82, 2.24) is 10.0 Å². The second-order valence-electron chi connectivity index (χ2n) is 4.42. The van der Waals surface area contributed by atoms with Crippen molar-refractivity contribution in [3.05, 3.63) is 28.8 Å². The molecule has 2 N–H and O–H groups in total. The zero-order chi connectivity index (χ0) is 13.9. The molecule has 0 spiro atoms. The fraction of sp³-hybridized carbons (Fsp3) is 0.417. The molecule has 102 valence electrons. The number of sulfonamides is 1. The number of nitrogens with one attached hydrogen (secondary N) is 2. The quantitative estimate of drug-likeness (QED) is 0.880. The highest BCUT2D eigenvalue weighted by Crippen LogP contribution is 2.21. The lowest BCUT2D eigenvalue weighted by molar-refractivity contribution is 0.428. The van der Waals surface area contributed by atoms with Gasteiger partial charge in [-0.05, 0) is 37.6 Å². The van der Waals surface area contributed by atoms with Crippen molar-refractivity contribution in [3.63, 3.8) is 0 Å². The minimum atomic E-state index is -3.72. The Balaban J connectivity index is 2.28. The number of piperidine rings is 1. The number of hydrogen-bond donors (Lipinski definition) is 2. The molecule has 7 heteroatoms. The Morgan fingerprint density at radius 3 is 2.89 bits per heavy atom. The molecule has 1 heterocycles. The zero-order valence-electron chi connectivity index (χ0n) is 10.2. The van der Waals surface area contributed by atoms with Crippen LogP contribution in [0.2, 0.25) is 5.02 Å². The second kappa shape index (κ2) is 5.88. The van der Waals surface area contributed by atoms with E-state index >= 15 is 0 Å². The number of nitriles is 1. The third-order valence-electron chi connectivity index (χ3n) is 2.97. The summed E-state index contributed by atoms with van der Waals surface area (Å²) in [5.41, 5.74) is 0.0978. The van der Waals surface area contributed by atoms with Crippen molar-refractivity contribution < 1.29 is 8.42 Å². The molecule has 1 fully saturated rings. The SMILES string of the molecule is N#Cc1ccc(Cl)cc1S(=O)(=O)NC1CCCNC1. The fourth-order valence-corrected chi connectivity index (χ4v) is 3.74. The van der Waals surface area contributed by atoms with Gasteiger partial charge in [0.05, 0.1) is 5.56 Å². The van der Waals surface area contributed by atoms with Crippen LogP contribution in [-0.4, -0.2) is 27.5 Å². The fourth-order valence-electron chi connectivity index (χ4n) is 2.05. The van der Waals surface area contributed by atoms with E-state index in [1.807, 2.05) is 6.07 Å². The van der Waals surface area contributed by atoms with Gasteiger partial charge in [-0.1, -0.05) is 11.6 Å². The van der Waals surface area contributed by atoms with E-state index < -0.39 is 10.0 Å². The van der Waals surface area contributed by atoms with Crippen molar-refractivity contribution >= 4 is 21.6 Å². The van der Waals surface area contributed by atoms with Gasteiger partial charge in [0.25, 0.3) is 0 Å². The highest BCUT2D eigenvalue weighted by Gasteiger charge is 2.24. The Bertz CT molecular complexity index is 604. The topological polar surface area (TPSA) is 82.0 Å². The third-order valence-corrected chi connectivity index (χ3v) is 4.77. The lowest BCUT2D eigenvalue weighted by atomic mass is 10.1. The Hall–Kier alpha value is -1.13. The van der Waals surface area contributed by atoms with Crippen LogP contribution in [0.1, 0.15) is 18.4 Å². The largest absolute Gasteiger partial charge is 0.315 e. The summed E-state index contributed by atoms with van der Waals surface area (Å²) in [6.07, 6.45) is 1.71. The molecule has 0 amide bonds. The summed E-state index contributed by atoms with van der Waals surface area (Å²) in [5.74, 6) is 0. The molecule has 2 rings (SSSR count). The van der Waals surface area contributed by atoms with E-state index in [1.165, 1.54) is 18.2 Å². The smallest absolute Gasteiger partial charge is 0.242 e. The minimum absolute atomic E-state index is 0.0620. The number of nitrogens with zero attached hydrogens (tertiary/aromatic N) is 1. The van der Waals surface area contributed by atoms with Crippen molar-refractivity contribution in [2.75, 3.05) is 13.1 Å². The van der Waals surface area contributed by atoms with Crippen molar-refractivity contribution in [1.29, 1.82) is 5.26 Å². The van der Waals surface area contributed by atoms with Gasteiger partial charge < -0.3 is 5.32 Å². The summed E-state index contributed by atoms with van der Waals surface area (Å²) >= 11 is 5.81. The van der Waals surface area contributed by atoms with E-state index in [0.717, 1.165) is 19.4 Å². The lowest BCUT2D eigenvalue weighted by Gasteiger charge is -2.23. The molecule has 0 aromatic heterocycles. The molecule has 1 aromatic rings. The summed E-state index contributed by atoms with van der Waals surface area (Å²) in [7, 11) is -3.72. The van der Waals surface area contributed by atoms with Gasteiger partial charge in [0.15, 0.2) is 0 Å². The van der Waals surface area contributed by atoms with E-state index in [-0.39, 0.29) is 16.5 Å². The molecule has 1 aliphatic heterocycles. The molecule has 5 nitrogen and oxygen atoms in total. The third kappa shape index (κ3) is 3.45. The number of rotatable bonds is 3. The Morgan fingerprint density at radius 1 is 1.47 bits per heavy atom. The Kier molecular flexibility index (Phi) is 4.42. The normalized spacial score (nSPS) is 19.9. The number of hydrogen-bond acceptors (Lipinski definition) is 4. The van der Waals surface area contributed by atoms with Crippen LogP contribution in [0, 0.1) is 11.3 Å². The Morgan fingerprint density at radius 2 is 2.26 bits per heavy atom. The second-order valence-corrected chi connectivity index (χ2v) is 6.54. The summed E-state index contributed by atoms with van der Waals surface area (Å²) in [6, 6.07) is 5.94. The monoisotopic (exact) mass is 299 g/mol. The number of halogens is 1. The van der Waals surface area contributed by atoms with Crippen molar-refractivity contribution in [2.24, 2.45) is 0 Å². The molecular formula is C12H14ClN3O2S. The van der Waals surface area contributed by atoms with Crippen molar-refractivity contribution in [3.8, 4) is 6.07 Å². The average molecular weight is 300 g/mol. The van der Waals surface area contributed by atoms with Gasteiger partial charge in [0, 0.05) is 17.6 Å². The van der Waals surface area contributed by atoms with Crippen LogP contribution in [0.5, 0.6) is 0 Å². The highest BCUT2D eigenvalue weighted by atomic mass is 35.5.